The summed E-state index contributed by atoms with van der Waals surface area (Å²) in [5, 5.41) is 9.54. The van der Waals surface area contributed by atoms with Crippen molar-refractivity contribution in [1.29, 1.82) is 0 Å². The van der Waals surface area contributed by atoms with E-state index in [-0.39, 0.29) is 22.7 Å². The quantitative estimate of drug-likeness (QED) is 0.897. The molecular formula is C9H13Br2NO2. The number of aromatic hydroxyl groups is 1. The lowest BCUT2D eigenvalue weighted by molar-refractivity contribution is 0.317. The number of hydrogen-bond acceptors (Lipinski definition) is 3. The highest BCUT2D eigenvalue weighted by molar-refractivity contribution is 9.10. The molecule has 0 saturated carbocycles. The lowest BCUT2D eigenvalue weighted by atomic mass is 10.2. The highest BCUT2D eigenvalue weighted by atomic mass is 79.9. The van der Waals surface area contributed by atoms with Crippen LogP contribution >= 0.6 is 32.9 Å². The number of halogens is 2. The Morgan fingerprint density at radius 3 is 2.64 bits per heavy atom. The molecule has 0 radical (unpaired) electrons. The molecule has 1 rings (SSSR count). The average Bonchev–Trinajstić information content (AvgIpc) is 2.13. The Morgan fingerprint density at radius 1 is 1.50 bits per heavy atom. The average molecular weight is 327 g/mol. The summed E-state index contributed by atoms with van der Waals surface area (Å²) in [6.45, 7) is 2.81. The van der Waals surface area contributed by atoms with Crippen molar-refractivity contribution in [2.24, 2.45) is 5.73 Å². The zero-order chi connectivity index (χ0) is 9.84. The van der Waals surface area contributed by atoms with Crippen molar-refractivity contribution in [2.75, 3.05) is 6.61 Å². The van der Waals surface area contributed by atoms with E-state index in [1.807, 2.05) is 6.92 Å². The van der Waals surface area contributed by atoms with E-state index < -0.39 is 0 Å². The molecule has 0 aliphatic heterocycles. The van der Waals surface area contributed by atoms with Gasteiger partial charge in [0, 0.05) is 6.54 Å². The third-order valence-corrected chi connectivity index (χ3v) is 2.23. The van der Waals surface area contributed by atoms with Crippen molar-refractivity contribution in [3.05, 3.63) is 22.2 Å². The molecule has 0 aromatic heterocycles. The minimum absolute atomic E-state index is 0. The summed E-state index contributed by atoms with van der Waals surface area (Å²) in [6, 6.07) is 3.52. The summed E-state index contributed by atoms with van der Waals surface area (Å²) >= 11 is 3.22. The van der Waals surface area contributed by atoms with Crippen LogP contribution in [0.2, 0.25) is 0 Å². The monoisotopic (exact) mass is 325 g/mol. The predicted octanol–water partition coefficient (Wildman–Crippen LogP) is 2.59. The van der Waals surface area contributed by atoms with Gasteiger partial charge in [-0.25, -0.2) is 0 Å². The number of rotatable bonds is 3. The first-order valence-electron chi connectivity index (χ1n) is 4.03. The maximum absolute atomic E-state index is 9.54. The van der Waals surface area contributed by atoms with E-state index in [1.54, 1.807) is 12.1 Å². The van der Waals surface area contributed by atoms with Crippen molar-refractivity contribution in [3.63, 3.8) is 0 Å². The molecule has 0 bridgehead atoms. The molecule has 0 heterocycles. The minimum Gasteiger partial charge on any atom is -0.503 e. The van der Waals surface area contributed by atoms with Crippen LogP contribution in [0.5, 0.6) is 11.5 Å². The van der Waals surface area contributed by atoms with E-state index in [0.717, 1.165) is 5.56 Å². The first kappa shape index (κ1) is 13.7. The van der Waals surface area contributed by atoms with Gasteiger partial charge in [0.25, 0.3) is 0 Å². The minimum atomic E-state index is 0. The molecule has 14 heavy (non-hydrogen) atoms. The van der Waals surface area contributed by atoms with Gasteiger partial charge in [0.1, 0.15) is 0 Å². The fourth-order valence-electron chi connectivity index (χ4n) is 1.01. The number of hydrogen-bond donors (Lipinski definition) is 2. The summed E-state index contributed by atoms with van der Waals surface area (Å²) < 4.78 is 5.83. The van der Waals surface area contributed by atoms with Gasteiger partial charge < -0.3 is 15.6 Å². The summed E-state index contributed by atoms with van der Waals surface area (Å²) in [4.78, 5) is 0. The first-order chi connectivity index (χ1) is 6.19. The van der Waals surface area contributed by atoms with Gasteiger partial charge in [-0.2, -0.15) is 0 Å². The van der Waals surface area contributed by atoms with Crippen LogP contribution in [-0.2, 0) is 6.54 Å². The number of phenolic OH excluding ortho intramolecular Hbond substituents is 1. The molecule has 0 saturated heterocycles. The normalized spacial score (nSPS) is 9.36. The van der Waals surface area contributed by atoms with E-state index in [1.165, 1.54) is 0 Å². The summed E-state index contributed by atoms with van der Waals surface area (Å²) in [7, 11) is 0. The third kappa shape index (κ3) is 3.15. The highest BCUT2D eigenvalue weighted by Crippen LogP contribution is 2.35. The Balaban J connectivity index is 0.00000169. The van der Waals surface area contributed by atoms with Crippen LogP contribution in [0, 0.1) is 0 Å². The first-order valence-corrected chi connectivity index (χ1v) is 4.82. The molecule has 0 fully saturated rings. The molecule has 5 heteroatoms. The Morgan fingerprint density at radius 2 is 2.14 bits per heavy atom. The van der Waals surface area contributed by atoms with Gasteiger partial charge in [-0.3, -0.25) is 0 Å². The van der Waals surface area contributed by atoms with E-state index in [9.17, 15) is 5.11 Å². The van der Waals surface area contributed by atoms with Gasteiger partial charge in [0.05, 0.1) is 11.1 Å². The number of benzene rings is 1. The fourth-order valence-corrected chi connectivity index (χ4v) is 1.50. The van der Waals surface area contributed by atoms with Crippen molar-refractivity contribution in [1.82, 2.24) is 0 Å². The van der Waals surface area contributed by atoms with Crippen LogP contribution in [0.15, 0.2) is 16.6 Å². The molecule has 1 aromatic carbocycles. The molecule has 1 aromatic rings. The van der Waals surface area contributed by atoms with Crippen LogP contribution in [0.25, 0.3) is 0 Å². The Kier molecular flexibility index (Phi) is 6.15. The zero-order valence-electron chi connectivity index (χ0n) is 7.79. The maximum Gasteiger partial charge on any atom is 0.172 e. The highest BCUT2D eigenvalue weighted by Gasteiger charge is 2.07. The molecule has 0 aliphatic carbocycles. The zero-order valence-corrected chi connectivity index (χ0v) is 11.1. The van der Waals surface area contributed by atoms with Gasteiger partial charge in [0.15, 0.2) is 11.5 Å². The lowest BCUT2D eigenvalue weighted by Crippen LogP contribution is -1.98. The van der Waals surface area contributed by atoms with Gasteiger partial charge in [-0.05, 0) is 40.5 Å². The molecule has 0 spiro atoms. The molecule has 80 valence electrons. The molecule has 3 nitrogen and oxygen atoms in total. The molecule has 0 aliphatic rings. The van der Waals surface area contributed by atoms with Crippen LogP contribution in [0.4, 0.5) is 0 Å². The lowest BCUT2D eigenvalue weighted by Gasteiger charge is -2.08. The summed E-state index contributed by atoms with van der Waals surface area (Å²) in [5.41, 5.74) is 6.40. The Bertz CT molecular complexity index is 305. The second-order valence-corrected chi connectivity index (χ2v) is 3.42. The Labute approximate surface area is 102 Å². The van der Waals surface area contributed by atoms with E-state index >= 15 is 0 Å². The van der Waals surface area contributed by atoms with Gasteiger partial charge in [0.2, 0.25) is 0 Å². The maximum atomic E-state index is 9.54. The van der Waals surface area contributed by atoms with E-state index in [2.05, 4.69) is 15.9 Å². The van der Waals surface area contributed by atoms with Crippen LogP contribution in [0.3, 0.4) is 0 Å². The van der Waals surface area contributed by atoms with Crippen molar-refractivity contribution >= 4 is 32.9 Å². The second-order valence-electron chi connectivity index (χ2n) is 2.56. The van der Waals surface area contributed by atoms with E-state index in [4.69, 9.17) is 10.5 Å². The SMILES string of the molecule is Br.CCOc1cc(CN)cc(Br)c1O. The van der Waals surface area contributed by atoms with Gasteiger partial charge in [-0.1, -0.05) is 0 Å². The fraction of sp³-hybridized carbons (Fsp3) is 0.333. The Hall–Kier alpha value is -0.260. The van der Waals surface area contributed by atoms with E-state index in [0.29, 0.717) is 23.4 Å². The van der Waals surface area contributed by atoms with Crippen molar-refractivity contribution in [2.45, 2.75) is 13.5 Å². The van der Waals surface area contributed by atoms with Crippen LogP contribution < -0.4 is 10.5 Å². The van der Waals surface area contributed by atoms with Crippen LogP contribution in [0.1, 0.15) is 12.5 Å². The smallest absolute Gasteiger partial charge is 0.172 e. The summed E-state index contributed by atoms with van der Waals surface area (Å²) in [6.07, 6.45) is 0. The third-order valence-electron chi connectivity index (χ3n) is 1.62. The largest absolute Gasteiger partial charge is 0.503 e. The molecule has 0 amide bonds. The molecule has 0 atom stereocenters. The molecular weight excluding hydrogens is 314 g/mol. The molecule has 0 unspecified atom stereocenters. The standard InChI is InChI=1S/C9H12BrNO2.BrH/c1-2-13-8-4-6(5-11)3-7(10)9(8)12;/h3-4,12H,2,5,11H2,1H3;1H. The topological polar surface area (TPSA) is 55.5 Å². The van der Waals surface area contributed by atoms with Crippen molar-refractivity contribution in [3.8, 4) is 11.5 Å². The number of nitrogens with two attached hydrogens (primary N) is 1. The molecule has 3 N–H and O–H groups in total. The number of ether oxygens (including phenoxy) is 1. The number of phenols is 1. The van der Waals surface area contributed by atoms with Crippen LogP contribution in [-0.4, -0.2) is 11.7 Å². The second kappa shape index (κ2) is 6.27. The van der Waals surface area contributed by atoms with Gasteiger partial charge >= 0.3 is 0 Å². The van der Waals surface area contributed by atoms with Gasteiger partial charge in [-0.15, -0.1) is 17.0 Å². The predicted molar refractivity (Wildman–Crippen MR) is 65.2 cm³/mol. The summed E-state index contributed by atoms with van der Waals surface area (Å²) in [5.74, 6) is 0.594. The van der Waals surface area contributed by atoms with Crippen molar-refractivity contribution < 1.29 is 9.84 Å².